The number of amides is 1. The molecule has 2 rings (SSSR count). The van der Waals surface area contributed by atoms with E-state index in [0.717, 1.165) is 17.5 Å². The predicted molar refractivity (Wildman–Crippen MR) is 114 cm³/mol. The largest absolute Gasteiger partial charge is 0.508 e. The van der Waals surface area contributed by atoms with E-state index in [-0.39, 0.29) is 30.4 Å². The van der Waals surface area contributed by atoms with E-state index in [1.165, 1.54) is 12.1 Å². The van der Waals surface area contributed by atoms with Gasteiger partial charge in [0, 0.05) is 6.42 Å². The molecule has 2 aromatic rings. The van der Waals surface area contributed by atoms with Gasteiger partial charge in [-0.2, -0.15) is 0 Å². The third kappa shape index (κ3) is 7.40. The van der Waals surface area contributed by atoms with Crippen molar-refractivity contribution in [3.63, 3.8) is 0 Å². The first-order chi connectivity index (χ1) is 14.4. The van der Waals surface area contributed by atoms with E-state index in [4.69, 9.17) is 4.74 Å². The Morgan fingerprint density at radius 2 is 1.37 bits per heavy atom. The van der Waals surface area contributed by atoms with E-state index >= 15 is 0 Å². The van der Waals surface area contributed by atoms with Crippen LogP contribution in [-0.4, -0.2) is 47.3 Å². The van der Waals surface area contributed by atoms with Crippen LogP contribution in [0, 0.1) is 0 Å². The number of ether oxygens (including phenoxy) is 1. The predicted octanol–water partition coefficient (Wildman–Crippen LogP) is 2.30. The molecule has 0 unspecified atom stereocenters. The van der Waals surface area contributed by atoms with Crippen molar-refractivity contribution in [3.8, 4) is 11.5 Å². The molecule has 0 saturated heterocycles. The number of rotatable bonds is 11. The molecule has 0 aliphatic rings. The smallest absolute Gasteiger partial charge is 0.328 e. The van der Waals surface area contributed by atoms with Crippen LogP contribution < -0.4 is 10.6 Å². The second-order valence-electron chi connectivity index (χ2n) is 7.06. The first-order valence-electron chi connectivity index (χ1n) is 10.2. The summed E-state index contributed by atoms with van der Waals surface area (Å²) in [6.07, 6.45) is 1.53. The van der Waals surface area contributed by atoms with Crippen LogP contribution in [0.15, 0.2) is 48.5 Å². The number of benzene rings is 2. The molecule has 7 heteroatoms. The van der Waals surface area contributed by atoms with Crippen LogP contribution in [0.3, 0.4) is 0 Å². The van der Waals surface area contributed by atoms with Gasteiger partial charge in [-0.05, 0) is 61.7 Å². The standard InChI is InChI=1S/C23H30N2O5/c1-3-13-24-20(14-16-5-9-18(26)10-6-16)22(28)25-21(23(29)30-4-2)15-17-7-11-19(27)12-8-17/h5-12,20-21,24,26-27H,3-4,13-15H2,1-2H3,(H,25,28)/t20-,21-/m0/s1. The second-order valence-corrected chi connectivity index (χ2v) is 7.06. The first-order valence-corrected chi connectivity index (χ1v) is 10.2. The lowest BCUT2D eigenvalue weighted by molar-refractivity contribution is -0.147. The number of carbonyl (C=O) groups excluding carboxylic acids is 2. The zero-order valence-corrected chi connectivity index (χ0v) is 17.4. The molecule has 30 heavy (non-hydrogen) atoms. The molecule has 0 fully saturated rings. The lowest BCUT2D eigenvalue weighted by Crippen LogP contribution is -2.52. The van der Waals surface area contributed by atoms with Crippen molar-refractivity contribution < 1.29 is 24.5 Å². The summed E-state index contributed by atoms with van der Waals surface area (Å²) in [6.45, 7) is 4.59. The Balaban J connectivity index is 2.13. The number of phenolic OH excluding ortho intramolecular Hbond substituents is 2. The monoisotopic (exact) mass is 414 g/mol. The molecule has 0 spiro atoms. The van der Waals surface area contributed by atoms with Crippen molar-refractivity contribution in [2.24, 2.45) is 0 Å². The highest BCUT2D eigenvalue weighted by atomic mass is 16.5. The van der Waals surface area contributed by atoms with Crippen LogP contribution in [0.1, 0.15) is 31.4 Å². The minimum Gasteiger partial charge on any atom is -0.508 e. The lowest BCUT2D eigenvalue weighted by atomic mass is 10.0. The maximum atomic E-state index is 13.0. The Labute approximate surface area is 177 Å². The molecule has 0 bridgehead atoms. The fraction of sp³-hybridized carbons (Fsp3) is 0.391. The van der Waals surface area contributed by atoms with Gasteiger partial charge in [0.15, 0.2) is 0 Å². The molecule has 0 saturated carbocycles. The molecule has 4 N–H and O–H groups in total. The first kappa shape index (κ1) is 23.2. The summed E-state index contributed by atoms with van der Waals surface area (Å²) in [7, 11) is 0. The van der Waals surface area contributed by atoms with Gasteiger partial charge in [0.25, 0.3) is 0 Å². The Bertz CT molecular complexity index is 805. The highest BCUT2D eigenvalue weighted by Gasteiger charge is 2.26. The van der Waals surface area contributed by atoms with Gasteiger partial charge in [0.2, 0.25) is 5.91 Å². The molecule has 0 radical (unpaired) electrons. The molecule has 0 aliphatic carbocycles. The molecular weight excluding hydrogens is 384 g/mol. The molecular formula is C23H30N2O5. The van der Waals surface area contributed by atoms with Crippen molar-refractivity contribution in [2.75, 3.05) is 13.2 Å². The van der Waals surface area contributed by atoms with Gasteiger partial charge < -0.3 is 25.6 Å². The fourth-order valence-electron chi connectivity index (χ4n) is 3.02. The average Bonchev–Trinajstić information content (AvgIpc) is 2.73. The van der Waals surface area contributed by atoms with Crippen LogP contribution in [0.4, 0.5) is 0 Å². The molecule has 7 nitrogen and oxygen atoms in total. The van der Waals surface area contributed by atoms with E-state index in [1.54, 1.807) is 43.3 Å². The topological polar surface area (TPSA) is 108 Å². The van der Waals surface area contributed by atoms with Crippen LogP contribution in [-0.2, 0) is 27.2 Å². The number of hydrogen-bond donors (Lipinski definition) is 4. The number of carbonyl (C=O) groups is 2. The highest BCUT2D eigenvalue weighted by Crippen LogP contribution is 2.14. The van der Waals surface area contributed by atoms with Crippen LogP contribution in [0.2, 0.25) is 0 Å². The minimum absolute atomic E-state index is 0.133. The Morgan fingerprint density at radius 1 is 0.867 bits per heavy atom. The van der Waals surface area contributed by atoms with E-state index in [1.807, 2.05) is 6.92 Å². The maximum absolute atomic E-state index is 13.0. The van der Waals surface area contributed by atoms with Crippen molar-refractivity contribution in [3.05, 3.63) is 59.7 Å². The summed E-state index contributed by atoms with van der Waals surface area (Å²) in [5, 5.41) is 25.0. The normalized spacial score (nSPS) is 12.7. The maximum Gasteiger partial charge on any atom is 0.328 e. The molecule has 2 atom stereocenters. The summed E-state index contributed by atoms with van der Waals surface area (Å²) in [5.74, 6) is -0.503. The van der Waals surface area contributed by atoms with Gasteiger partial charge in [-0.15, -0.1) is 0 Å². The third-order valence-electron chi connectivity index (χ3n) is 4.60. The summed E-state index contributed by atoms with van der Waals surface area (Å²) < 4.78 is 5.14. The molecule has 2 aromatic carbocycles. The van der Waals surface area contributed by atoms with Gasteiger partial charge in [0.05, 0.1) is 12.6 Å². The van der Waals surface area contributed by atoms with Gasteiger partial charge in [-0.25, -0.2) is 4.79 Å². The van der Waals surface area contributed by atoms with Gasteiger partial charge in [-0.1, -0.05) is 31.2 Å². The van der Waals surface area contributed by atoms with Crippen molar-refractivity contribution in [1.82, 2.24) is 10.6 Å². The summed E-state index contributed by atoms with van der Waals surface area (Å²) >= 11 is 0. The molecule has 0 aromatic heterocycles. The summed E-state index contributed by atoms with van der Waals surface area (Å²) in [4.78, 5) is 25.5. The number of hydrogen-bond acceptors (Lipinski definition) is 6. The quantitative estimate of drug-likeness (QED) is 0.420. The molecule has 0 heterocycles. The minimum atomic E-state index is -0.840. The number of nitrogens with one attached hydrogen (secondary N) is 2. The lowest BCUT2D eigenvalue weighted by Gasteiger charge is -2.23. The third-order valence-corrected chi connectivity index (χ3v) is 4.60. The van der Waals surface area contributed by atoms with E-state index in [9.17, 15) is 19.8 Å². The SMILES string of the molecule is CCCN[C@@H](Cc1ccc(O)cc1)C(=O)N[C@@H](Cc1ccc(O)cc1)C(=O)OCC. The average molecular weight is 415 g/mol. The van der Waals surface area contributed by atoms with Gasteiger partial charge >= 0.3 is 5.97 Å². The number of aromatic hydroxyl groups is 2. The van der Waals surface area contributed by atoms with E-state index < -0.39 is 18.1 Å². The molecule has 0 aliphatic heterocycles. The molecule has 162 valence electrons. The molecule has 1 amide bonds. The second kappa shape index (κ2) is 11.8. The van der Waals surface area contributed by atoms with Crippen molar-refractivity contribution in [2.45, 2.75) is 45.2 Å². The summed E-state index contributed by atoms with van der Waals surface area (Å²) in [5.41, 5.74) is 1.69. The van der Waals surface area contributed by atoms with Crippen LogP contribution in [0.25, 0.3) is 0 Å². The van der Waals surface area contributed by atoms with Gasteiger partial charge in [0.1, 0.15) is 17.5 Å². The zero-order valence-electron chi connectivity index (χ0n) is 17.4. The number of phenols is 2. The van der Waals surface area contributed by atoms with Crippen molar-refractivity contribution >= 4 is 11.9 Å². The van der Waals surface area contributed by atoms with Crippen LogP contribution in [0.5, 0.6) is 11.5 Å². The fourth-order valence-corrected chi connectivity index (χ4v) is 3.02. The van der Waals surface area contributed by atoms with Gasteiger partial charge in [-0.3, -0.25) is 4.79 Å². The van der Waals surface area contributed by atoms with Crippen LogP contribution >= 0.6 is 0 Å². The number of esters is 1. The van der Waals surface area contributed by atoms with E-state index in [0.29, 0.717) is 13.0 Å². The Hall–Kier alpha value is -3.06. The highest BCUT2D eigenvalue weighted by molar-refractivity contribution is 5.88. The van der Waals surface area contributed by atoms with E-state index in [2.05, 4.69) is 10.6 Å². The Kier molecular flexibility index (Phi) is 9.15. The Morgan fingerprint density at radius 3 is 1.83 bits per heavy atom. The summed E-state index contributed by atoms with van der Waals surface area (Å²) in [6, 6.07) is 11.8. The zero-order chi connectivity index (χ0) is 21.9. The van der Waals surface area contributed by atoms with Crippen molar-refractivity contribution in [1.29, 1.82) is 0 Å².